The van der Waals surface area contributed by atoms with Crippen LogP contribution in [-0.4, -0.2) is 55.4 Å². The molecule has 1 aromatic heterocycles. The second-order valence-electron chi connectivity index (χ2n) is 9.76. The third-order valence-electron chi connectivity index (χ3n) is 6.85. The Balaban J connectivity index is 1.19. The number of aromatic nitrogens is 1. The lowest BCUT2D eigenvalue weighted by Crippen LogP contribution is -2.31. The van der Waals surface area contributed by atoms with E-state index in [1.165, 1.54) is 18.4 Å². The summed E-state index contributed by atoms with van der Waals surface area (Å²) in [4.78, 5) is 32.5. The molecule has 1 aliphatic carbocycles. The second kappa shape index (κ2) is 8.50. The van der Waals surface area contributed by atoms with Crippen molar-refractivity contribution < 1.29 is 9.59 Å². The molecule has 33 heavy (non-hydrogen) atoms. The minimum atomic E-state index is -0.173. The third kappa shape index (κ3) is 4.50. The molecule has 2 N–H and O–H groups in total. The number of nitrogens with zero attached hydrogens (tertiary/aromatic N) is 2. The number of benzene rings is 2. The third-order valence-corrected chi connectivity index (χ3v) is 7.08. The molecule has 5 rings (SSSR count). The van der Waals surface area contributed by atoms with Crippen LogP contribution in [0.2, 0.25) is 5.02 Å². The Labute approximate surface area is 198 Å². The number of aromatic amines is 1. The van der Waals surface area contributed by atoms with Crippen molar-refractivity contribution in [3.05, 3.63) is 64.8 Å². The van der Waals surface area contributed by atoms with E-state index in [2.05, 4.69) is 53.6 Å². The summed E-state index contributed by atoms with van der Waals surface area (Å²) in [5.74, 6) is 0.0216. The molecule has 2 amide bonds. The van der Waals surface area contributed by atoms with Crippen molar-refractivity contribution in [1.29, 1.82) is 0 Å². The first-order valence-electron chi connectivity index (χ1n) is 11.5. The van der Waals surface area contributed by atoms with E-state index in [1.54, 1.807) is 12.1 Å². The Bertz CT molecular complexity index is 1200. The molecule has 1 saturated heterocycles. The van der Waals surface area contributed by atoms with E-state index in [-0.39, 0.29) is 23.1 Å². The van der Waals surface area contributed by atoms with E-state index >= 15 is 0 Å². The number of hydrogen-bond acceptors (Lipinski definition) is 3. The van der Waals surface area contributed by atoms with Crippen LogP contribution >= 0.6 is 11.6 Å². The van der Waals surface area contributed by atoms with Crippen molar-refractivity contribution in [2.24, 2.45) is 5.92 Å². The van der Waals surface area contributed by atoms with Crippen molar-refractivity contribution in [3.63, 3.8) is 0 Å². The van der Waals surface area contributed by atoms with Gasteiger partial charge >= 0.3 is 0 Å². The highest BCUT2D eigenvalue weighted by Crippen LogP contribution is 2.48. The highest BCUT2D eigenvalue weighted by molar-refractivity contribution is 6.31. The topological polar surface area (TPSA) is 68.4 Å². The van der Waals surface area contributed by atoms with Crippen molar-refractivity contribution in [1.82, 2.24) is 15.2 Å². The van der Waals surface area contributed by atoms with Gasteiger partial charge < -0.3 is 20.1 Å². The summed E-state index contributed by atoms with van der Waals surface area (Å²) in [6.07, 6.45) is 2.88. The van der Waals surface area contributed by atoms with E-state index in [1.807, 2.05) is 17.0 Å². The van der Waals surface area contributed by atoms with Crippen LogP contribution in [0, 0.1) is 5.92 Å². The van der Waals surface area contributed by atoms with Crippen molar-refractivity contribution >= 4 is 40.0 Å². The maximum atomic E-state index is 12.7. The number of rotatable bonds is 7. The lowest BCUT2D eigenvalue weighted by Gasteiger charge is -2.22. The fourth-order valence-electron chi connectivity index (χ4n) is 5.01. The highest BCUT2D eigenvalue weighted by Gasteiger charge is 2.44. The first-order chi connectivity index (χ1) is 15.8. The second-order valence-corrected chi connectivity index (χ2v) is 10.2. The largest absolute Gasteiger partial charge is 0.350 e. The molecule has 6 nitrogen and oxygen atoms in total. The number of carbonyl (C=O) groups excluding carboxylic acids is 2. The summed E-state index contributed by atoms with van der Waals surface area (Å²) >= 11 is 6.03. The van der Waals surface area contributed by atoms with Crippen LogP contribution in [0.4, 0.5) is 5.69 Å². The number of fused-ring (bicyclic) bond motifs is 1. The summed E-state index contributed by atoms with van der Waals surface area (Å²) in [7, 11) is 4.23. The quantitative estimate of drug-likeness (QED) is 0.550. The summed E-state index contributed by atoms with van der Waals surface area (Å²) in [5, 5.41) is 4.54. The van der Waals surface area contributed by atoms with Crippen LogP contribution in [0.5, 0.6) is 0 Å². The zero-order chi connectivity index (χ0) is 23.2. The SMILES string of the molecule is CN(C)CC1(c2ccc(N3CC(CNC(=O)c4cc5ccc(Cl)cc5[nH]4)CC3=O)cc2)CC1. The molecule has 172 valence electrons. The number of nitrogens with one attached hydrogen (secondary N) is 2. The van der Waals surface area contributed by atoms with Gasteiger partial charge in [0.2, 0.25) is 5.91 Å². The normalized spacial score (nSPS) is 19.5. The summed E-state index contributed by atoms with van der Waals surface area (Å²) < 4.78 is 0. The number of halogens is 1. The van der Waals surface area contributed by atoms with Crippen molar-refractivity contribution in [3.8, 4) is 0 Å². The monoisotopic (exact) mass is 464 g/mol. The molecular formula is C26H29ClN4O2. The fourth-order valence-corrected chi connectivity index (χ4v) is 5.18. The van der Waals surface area contributed by atoms with Crippen LogP contribution in [0.25, 0.3) is 10.9 Å². The van der Waals surface area contributed by atoms with Gasteiger partial charge in [-0.05, 0) is 62.8 Å². The average Bonchev–Trinajstić information content (AvgIpc) is 3.27. The van der Waals surface area contributed by atoms with E-state index in [4.69, 9.17) is 11.6 Å². The zero-order valence-electron chi connectivity index (χ0n) is 19.0. The molecule has 0 radical (unpaired) electrons. The Kier molecular flexibility index (Phi) is 5.67. The molecule has 2 aliphatic rings. The van der Waals surface area contributed by atoms with Gasteiger partial charge in [-0.2, -0.15) is 0 Å². The van der Waals surface area contributed by atoms with Crippen molar-refractivity contribution in [2.75, 3.05) is 38.6 Å². The van der Waals surface area contributed by atoms with Gasteiger partial charge in [-0.3, -0.25) is 9.59 Å². The number of hydrogen-bond donors (Lipinski definition) is 2. The zero-order valence-corrected chi connectivity index (χ0v) is 19.8. The Morgan fingerprint density at radius 2 is 1.94 bits per heavy atom. The highest BCUT2D eigenvalue weighted by atomic mass is 35.5. The van der Waals surface area contributed by atoms with E-state index in [0.717, 1.165) is 23.1 Å². The maximum Gasteiger partial charge on any atom is 0.267 e. The van der Waals surface area contributed by atoms with Gasteiger partial charge in [0.05, 0.1) is 0 Å². The first kappa shape index (κ1) is 22.0. The lowest BCUT2D eigenvalue weighted by atomic mass is 9.95. The van der Waals surface area contributed by atoms with Gasteiger partial charge in [0.1, 0.15) is 5.69 Å². The maximum absolute atomic E-state index is 12.7. The minimum absolute atomic E-state index is 0.0865. The van der Waals surface area contributed by atoms with E-state index in [9.17, 15) is 9.59 Å². The van der Waals surface area contributed by atoms with Crippen LogP contribution in [0.3, 0.4) is 0 Å². The van der Waals surface area contributed by atoms with Gasteiger partial charge in [-0.1, -0.05) is 29.8 Å². The van der Waals surface area contributed by atoms with Crippen LogP contribution < -0.4 is 10.2 Å². The fraction of sp³-hybridized carbons (Fsp3) is 0.385. The summed E-state index contributed by atoms with van der Waals surface area (Å²) in [6, 6.07) is 15.8. The average molecular weight is 465 g/mol. The molecule has 0 bridgehead atoms. The van der Waals surface area contributed by atoms with Gasteiger partial charge in [-0.25, -0.2) is 0 Å². The molecule has 1 saturated carbocycles. The first-order valence-corrected chi connectivity index (χ1v) is 11.8. The molecule has 2 heterocycles. The Morgan fingerprint density at radius 1 is 1.18 bits per heavy atom. The molecule has 2 aromatic carbocycles. The van der Waals surface area contributed by atoms with Crippen LogP contribution in [0.15, 0.2) is 48.5 Å². The molecule has 7 heteroatoms. The number of H-pyrrole nitrogens is 1. The predicted molar refractivity (Wildman–Crippen MR) is 132 cm³/mol. The molecule has 2 fully saturated rings. The number of anilines is 1. The van der Waals surface area contributed by atoms with Gasteiger partial charge in [-0.15, -0.1) is 0 Å². The number of amides is 2. The molecule has 3 aromatic rings. The van der Waals surface area contributed by atoms with Gasteiger partial charge in [0.15, 0.2) is 0 Å². The van der Waals surface area contributed by atoms with E-state index < -0.39 is 0 Å². The van der Waals surface area contributed by atoms with Gasteiger partial charge in [0.25, 0.3) is 5.91 Å². The molecular weight excluding hydrogens is 436 g/mol. The number of likely N-dealkylation sites (N-methyl/N-ethyl adjacent to an activating group) is 1. The Hall–Kier alpha value is -2.83. The van der Waals surface area contributed by atoms with Crippen LogP contribution in [-0.2, 0) is 10.2 Å². The molecule has 0 spiro atoms. The lowest BCUT2D eigenvalue weighted by molar-refractivity contribution is -0.117. The standard InChI is InChI=1S/C26H29ClN4O2/c1-30(2)16-26(9-10-26)19-4-7-21(8-5-19)31-15-17(11-24(31)32)14-28-25(33)23-12-18-3-6-20(27)13-22(18)29-23/h3-8,12-13,17,29H,9-11,14-16H2,1-2H3,(H,28,33). The predicted octanol–water partition coefficient (Wildman–Crippen LogP) is 4.20. The Morgan fingerprint density at radius 3 is 2.64 bits per heavy atom. The summed E-state index contributed by atoms with van der Waals surface area (Å²) in [6.45, 7) is 2.13. The minimum Gasteiger partial charge on any atom is -0.350 e. The molecule has 1 atom stereocenters. The molecule has 1 aliphatic heterocycles. The molecule has 1 unspecified atom stereocenters. The number of carbonyl (C=O) groups is 2. The summed E-state index contributed by atoms with van der Waals surface area (Å²) in [5.41, 5.74) is 3.89. The van der Waals surface area contributed by atoms with Crippen LogP contribution in [0.1, 0.15) is 35.3 Å². The van der Waals surface area contributed by atoms with Crippen molar-refractivity contribution in [2.45, 2.75) is 24.7 Å². The smallest absolute Gasteiger partial charge is 0.267 e. The van der Waals surface area contributed by atoms with E-state index in [0.29, 0.717) is 30.2 Å². The van der Waals surface area contributed by atoms with Gasteiger partial charge in [0, 0.05) is 59.0 Å².